The van der Waals surface area contributed by atoms with Crippen LogP contribution in [0.1, 0.15) is 38.2 Å². The van der Waals surface area contributed by atoms with Crippen molar-refractivity contribution in [3.63, 3.8) is 0 Å². The van der Waals surface area contributed by atoms with Crippen LogP contribution >= 0.6 is 0 Å². The fourth-order valence-corrected chi connectivity index (χ4v) is 2.23. The standard InChI is InChI=1S/C18H26O4/c1-3-4-12-19-15(2)22-18-11-10-17(14-21-18)20-13-16-8-6-5-7-9-16/h5-9,17-18H,2-4,10-14H2,1H3/t17-,18-/m0/s1. The largest absolute Gasteiger partial charge is 0.466 e. The van der Waals surface area contributed by atoms with Crippen molar-refractivity contribution >= 4 is 0 Å². The predicted octanol–water partition coefficient (Wildman–Crippen LogP) is 4.01. The van der Waals surface area contributed by atoms with E-state index in [4.69, 9.17) is 18.9 Å². The molecule has 1 aliphatic heterocycles. The van der Waals surface area contributed by atoms with Crippen LogP contribution < -0.4 is 0 Å². The van der Waals surface area contributed by atoms with Gasteiger partial charge in [-0.15, -0.1) is 0 Å². The molecule has 0 N–H and O–H groups in total. The van der Waals surface area contributed by atoms with Crippen LogP contribution in [0, 0.1) is 0 Å². The third-order valence-electron chi connectivity index (χ3n) is 3.54. The summed E-state index contributed by atoms with van der Waals surface area (Å²) in [5.74, 6) is 0.349. The predicted molar refractivity (Wildman–Crippen MR) is 85.1 cm³/mol. The highest BCUT2D eigenvalue weighted by molar-refractivity contribution is 5.13. The van der Waals surface area contributed by atoms with Gasteiger partial charge >= 0.3 is 0 Å². The minimum absolute atomic E-state index is 0.120. The second-order valence-electron chi connectivity index (χ2n) is 5.45. The molecule has 0 aliphatic carbocycles. The Morgan fingerprint density at radius 3 is 2.77 bits per heavy atom. The van der Waals surface area contributed by atoms with Gasteiger partial charge in [0, 0.05) is 6.42 Å². The number of hydrogen-bond donors (Lipinski definition) is 0. The van der Waals surface area contributed by atoms with E-state index in [0.29, 0.717) is 25.8 Å². The Bertz CT molecular complexity index is 424. The van der Waals surface area contributed by atoms with Crippen LogP contribution in [0.3, 0.4) is 0 Å². The van der Waals surface area contributed by atoms with Gasteiger partial charge in [-0.3, -0.25) is 0 Å². The Morgan fingerprint density at radius 2 is 2.09 bits per heavy atom. The molecule has 122 valence electrons. The molecule has 4 nitrogen and oxygen atoms in total. The van der Waals surface area contributed by atoms with Crippen LogP contribution in [-0.2, 0) is 25.6 Å². The summed E-state index contributed by atoms with van der Waals surface area (Å²) in [5, 5.41) is 0. The average molecular weight is 306 g/mol. The van der Waals surface area contributed by atoms with Gasteiger partial charge in [0.25, 0.3) is 5.95 Å². The Kier molecular flexibility index (Phi) is 7.26. The molecule has 0 amide bonds. The Balaban J connectivity index is 1.60. The number of rotatable bonds is 9. The molecule has 22 heavy (non-hydrogen) atoms. The van der Waals surface area contributed by atoms with E-state index in [1.165, 1.54) is 5.56 Å². The molecule has 0 saturated carbocycles. The first kappa shape index (κ1) is 16.8. The minimum Gasteiger partial charge on any atom is -0.466 e. The molecule has 0 aromatic heterocycles. The third kappa shape index (κ3) is 6.08. The Morgan fingerprint density at radius 1 is 1.27 bits per heavy atom. The smallest absolute Gasteiger partial charge is 0.273 e. The summed E-state index contributed by atoms with van der Waals surface area (Å²) in [6, 6.07) is 10.2. The van der Waals surface area contributed by atoms with Crippen LogP contribution in [0.2, 0.25) is 0 Å². The summed E-state index contributed by atoms with van der Waals surface area (Å²) in [5.41, 5.74) is 1.18. The molecule has 1 heterocycles. The molecule has 0 radical (unpaired) electrons. The summed E-state index contributed by atoms with van der Waals surface area (Å²) in [4.78, 5) is 0. The van der Waals surface area contributed by atoms with Crippen LogP contribution in [0.25, 0.3) is 0 Å². The molecule has 1 aliphatic rings. The molecule has 4 heteroatoms. The van der Waals surface area contributed by atoms with Gasteiger partial charge < -0.3 is 18.9 Å². The molecule has 1 aromatic carbocycles. The average Bonchev–Trinajstić information content (AvgIpc) is 2.55. The van der Waals surface area contributed by atoms with Gasteiger partial charge in [0.05, 0.1) is 25.9 Å². The van der Waals surface area contributed by atoms with E-state index >= 15 is 0 Å². The van der Waals surface area contributed by atoms with E-state index in [1.54, 1.807) is 0 Å². The summed E-state index contributed by atoms with van der Waals surface area (Å²) >= 11 is 0. The summed E-state index contributed by atoms with van der Waals surface area (Å²) in [6.07, 6.45) is 3.65. The van der Waals surface area contributed by atoms with Gasteiger partial charge in [0.2, 0.25) is 6.29 Å². The van der Waals surface area contributed by atoms with E-state index < -0.39 is 0 Å². The first-order chi connectivity index (χ1) is 10.8. The maximum atomic E-state index is 5.87. The van der Waals surface area contributed by atoms with E-state index in [1.807, 2.05) is 18.2 Å². The van der Waals surface area contributed by atoms with Crippen LogP contribution in [-0.4, -0.2) is 25.6 Å². The zero-order valence-corrected chi connectivity index (χ0v) is 13.3. The van der Waals surface area contributed by atoms with Crippen LogP contribution in [0.5, 0.6) is 0 Å². The van der Waals surface area contributed by atoms with Gasteiger partial charge in [0.15, 0.2) is 0 Å². The molecule has 0 bridgehead atoms. The minimum atomic E-state index is -0.272. The second-order valence-corrected chi connectivity index (χ2v) is 5.45. The van der Waals surface area contributed by atoms with E-state index in [0.717, 1.165) is 25.7 Å². The van der Waals surface area contributed by atoms with Gasteiger partial charge in [0.1, 0.15) is 0 Å². The molecule has 0 unspecified atom stereocenters. The Hall–Kier alpha value is -1.52. The molecule has 1 aromatic rings. The number of ether oxygens (including phenoxy) is 4. The van der Waals surface area contributed by atoms with Crippen molar-refractivity contribution in [1.29, 1.82) is 0 Å². The van der Waals surface area contributed by atoms with Gasteiger partial charge in [-0.1, -0.05) is 43.7 Å². The lowest BCUT2D eigenvalue weighted by Crippen LogP contribution is -2.32. The second kappa shape index (κ2) is 9.49. The molecular formula is C18H26O4. The molecule has 1 fully saturated rings. The molecule has 1 saturated heterocycles. The number of hydrogen-bond acceptors (Lipinski definition) is 4. The van der Waals surface area contributed by atoms with Gasteiger partial charge in [-0.2, -0.15) is 0 Å². The normalized spacial score (nSPS) is 21.3. The highest BCUT2D eigenvalue weighted by atomic mass is 16.8. The van der Waals surface area contributed by atoms with Crippen molar-refractivity contribution in [1.82, 2.24) is 0 Å². The highest BCUT2D eigenvalue weighted by Crippen LogP contribution is 2.20. The van der Waals surface area contributed by atoms with Crippen molar-refractivity contribution in [3.8, 4) is 0 Å². The zero-order chi connectivity index (χ0) is 15.6. The number of unbranched alkanes of at least 4 members (excludes halogenated alkanes) is 1. The number of benzene rings is 1. The zero-order valence-electron chi connectivity index (χ0n) is 13.3. The lowest BCUT2D eigenvalue weighted by Gasteiger charge is -2.29. The van der Waals surface area contributed by atoms with Crippen molar-refractivity contribution in [2.75, 3.05) is 13.2 Å². The summed E-state index contributed by atoms with van der Waals surface area (Å²) in [7, 11) is 0. The van der Waals surface area contributed by atoms with E-state index in [2.05, 4.69) is 25.6 Å². The topological polar surface area (TPSA) is 36.9 Å². The first-order valence-corrected chi connectivity index (χ1v) is 8.03. The van der Waals surface area contributed by atoms with E-state index in [9.17, 15) is 0 Å². The van der Waals surface area contributed by atoms with Crippen molar-refractivity contribution in [2.45, 2.75) is 51.6 Å². The van der Waals surface area contributed by atoms with Gasteiger partial charge in [-0.05, 0) is 25.0 Å². The fourth-order valence-electron chi connectivity index (χ4n) is 2.23. The van der Waals surface area contributed by atoms with E-state index in [-0.39, 0.29) is 12.4 Å². The quantitative estimate of drug-likeness (QED) is 0.510. The molecule has 2 atom stereocenters. The summed E-state index contributed by atoms with van der Waals surface area (Å²) < 4.78 is 22.5. The molecule has 0 spiro atoms. The molecule has 2 rings (SSSR count). The highest BCUT2D eigenvalue weighted by Gasteiger charge is 2.24. The van der Waals surface area contributed by atoms with Crippen LogP contribution in [0.4, 0.5) is 0 Å². The van der Waals surface area contributed by atoms with Crippen molar-refractivity contribution in [2.24, 2.45) is 0 Å². The lowest BCUT2D eigenvalue weighted by atomic mass is 10.1. The van der Waals surface area contributed by atoms with Crippen molar-refractivity contribution in [3.05, 3.63) is 48.4 Å². The maximum Gasteiger partial charge on any atom is 0.273 e. The first-order valence-electron chi connectivity index (χ1n) is 8.03. The van der Waals surface area contributed by atoms with Crippen molar-refractivity contribution < 1.29 is 18.9 Å². The lowest BCUT2D eigenvalue weighted by molar-refractivity contribution is -0.198. The monoisotopic (exact) mass is 306 g/mol. The van der Waals surface area contributed by atoms with Crippen LogP contribution in [0.15, 0.2) is 42.9 Å². The summed E-state index contributed by atoms with van der Waals surface area (Å²) in [6.45, 7) is 7.68. The maximum absolute atomic E-state index is 5.87. The third-order valence-corrected chi connectivity index (χ3v) is 3.54. The Labute approximate surface area is 133 Å². The van der Waals surface area contributed by atoms with Gasteiger partial charge in [-0.25, -0.2) is 0 Å². The SMILES string of the molecule is C=C(OCCCC)O[C@H]1CC[C@H](OCc2ccccc2)CO1. The fraction of sp³-hybridized carbons (Fsp3) is 0.556. The molecular weight excluding hydrogens is 280 g/mol.